The number of carbonyl (C=O) groups excluding carboxylic acids is 2. The summed E-state index contributed by atoms with van der Waals surface area (Å²) in [4.78, 5) is 23.6. The SMILES string of the molecule is COc1cc(CC2C(=O)NC(=S)NC2=O)cc(OC)c1O. The van der Waals surface area contributed by atoms with Crippen LogP contribution in [0.4, 0.5) is 0 Å². The molecule has 1 fully saturated rings. The van der Waals surface area contributed by atoms with E-state index in [1.807, 2.05) is 0 Å². The molecule has 1 aliphatic heterocycles. The van der Waals surface area contributed by atoms with Crippen LogP contribution in [0.25, 0.3) is 0 Å². The molecule has 1 heterocycles. The van der Waals surface area contributed by atoms with Crippen molar-refractivity contribution in [2.24, 2.45) is 5.92 Å². The van der Waals surface area contributed by atoms with Crippen LogP contribution >= 0.6 is 12.2 Å². The Labute approximate surface area is 126 Å². The monoisotopic (exact) mass is 310 g/mol. The molecule has 0 unspecified atom stereocenters. The molecule has 8 heteroatoms. The molecule has 0 saturated carbocycles. The Kier molecular flexibility index (Phi) is 4.27. The summed E-state index contributed by atoms with van der Waals surface area (Å²) in [6.45, 7) is 0. The molecule has 2 rings (SSSR count). The molecule has 0 radical (unpaired) electrons. The fraction of sp³-hybridized carbons (Fsp3) is 0.308. The first-order valence-corrected chi connectivity index (χ1v) is 6.46. The first-order valence-electron chi connectivity index (χ1n) is 6.05. The number of rotatable bonds is 4. The van der Waals surface area contributed by atoms with Crippen LogP contribution in [-0.2, 0) is 16.0 Å². The van der Waals surface area contributed by atoms with Gasteiger partial charge in [0.05, 0.1) is 14.2 Å². The predicted octanol–water partition coefficient (Wildman–Crippen LogP) is 0.0990. The minimum absolute atomic E-state index is 0.00196. The van der Waals surface area contributed by atoms with E-state index in [1.54, 1.807) is 12.1 Å². The minimum atomic E-state index is -0.907. The Morgan fingerprint density at radius 1 is 1.14 bits per heavy atom. The van der Waals surface area contributed by atoms with Gasteiger partial charge in [-0.15, -0.1) is 0 Å². The summed E-state index contributed by atoms with van der Waals surface area (Å²) >= 11 is 4.74. The zero-order chi connectivity index (χ0) is 15.6. The van der Waals surface area contributed by atoms with E-state index in [1.165, 1.54) is 14.2 Å². The van der Waals surface area contributed by atoms with Crippen molar-refractivity contribution in [3.63, 3.8) is 0 Å². The van der Waals surface area contributed by atoms with Gasteiger partial charge >= 0.3 is 0 Å². The number of aromatic hydroxyl groups is 1. The van der Waals surface area contributed by atoms with Gasteiger partial charge in [0, 0.05) is 0 Å². The van der Waals surface area contributed by atoms with Gasteiger partial charge in [0.25, 0.3) is 0 Å². The van der Waals surface area contributed by atoms with Gasteiger partial charge in [-0.3, -0.25) is 9.59 Å². The zero-order valence-electron chi connectivity index (χ0n) is 11.4. The third kappa shape index (κ3) is 3.05. The third-order valence-corrected chi connectivity index (χ3v) is 3.29. The topological polar surface area (TPSA) is 96.9 Å². The van der Waals surface area contributed by atoms with Crippen molar-refractivity contribution in [1.29, 1.82) is 0 Å². The number of ether oxygens (including phenoxy) is 2. The molecule has 2 amide bonds. The molecule has 0 aliphatic carbocycles. The Morgan fingerprint density at radius 2 is 1.62 bits per heavy atom. The lowest BCUT2D eigenvalue weighted by Gasteiger charge is -2.22. The van der Waals surface area contributed by atoms with Gasteiger partial charge in [0.15, 0.2) is 16.6 Å². The lowest BCUT2D eigenvalue weighted by molar-refractivity contribution is -0.135. The van der Waals surface area contributed by atoms with Crippen molar-refractivity contribution in [3.8, 4) is 17.2 Å². The normalized spacial score (nSPS) is 15.4. The van der Waals surface area contributed by atoms with Crippen LogP contribution in [0.1, 0.15) is 5.56 Å². The van der Waals surface area contributed by atoms with Crippen LogP contribution in [0.2, 0.25) is 0 Å². The number of hydrogen-bond donors (Lipinski definition) is 3. The molecule has 0 bridgehead atoms. The highest BCUT2D eigenvalue weighted by Gasteiger charge is 2.33. The lowest BCUT2D eigenvalue weighted by Crippen LogP contribution is -2.56. The van der Waals surface area contributed by atoms with E-state index >= 15 is 0 Å². The molecule has 0 aromatic heterocycles. The molecule has 1 aromatic carbocycles. The maximum Gasteiger partial charge on any atom is 0.239 e. The average Bonchev–Trinajstić information content (AvgIpc) is 2.44. The van der Waals surface area contributed by atoms with Crippen LogP contribution in [-0.4, -0.2) is 36.3 Å². The van der Waals surface area contributed by atoms with E-state index in [-0.39, 0.29) is 28.8 Å². The molecule has 1 aliphatic rings. The number of phenols is 1. The summed E-state index contributed by atoms with van der Waals surface area (Å²) in [5.41, 5.74) is 0.615. The Bertz CT molecular complexity index is 572. The zero-order valence-corrected chi connectivity index (χ0v) is 12.2. The second kappa shape index (κ2) is 5.96. The number of methoxy groups -OCH3 is 2. The van der Waals surface area contributed by atoms with Crippen molar-refractivity contribution in [3.05, 3.63) is 17.7 Å². The smallest absolute Gasteiger partial charge is 0.239 e. The van der Waals surface area contributed by atoms with E-state index in [0.29, 0.717) is 5.56 Å². The number of thiocarbonyl (C=S) groups is 1. The summed E-state index contributed by atoms with van der Waals surface area (Å²) in [6, 6.07) is 3.09. The second-order valence-corrected chi connectivity index (χ2v) is 4.82. The van der Waals surface area contributed by atoms with E-state index in [4.69, 9.17) is 21.7 Å². The first-order chi connectivity index (χ1) is 9.96. The second-order valence-electron chi connectivity index (χ2n) is 4.41. The van der Waals surface area contributed by atoms with Crippen LogP contribution in [0.15, 0.2) is 12.1 Å². The molecule has 1 saturated heterocycles. The maximum atomic E-state index is 11.8. The number of phenolic OH excluding ortho intramolecular Hbond substituents is 1. The van der Waals surface area contributed by atoms with Crippen molar-refractivity contribution < 1.29 is 24.2 Å². The van der Waals surface area contributed by atoms with Gasteiger partial charge < -0.3 is 25.2 Å². The highest BCUT2D eigenvalue weighted by Crippen LogP contribution is 2.37. The van der Waals surface area contributed by atoms with E-state index in [0.717, 1.165) is 0 Å². The van der Waals surface area contributed by atoms with Crippen LogP contribution in [0, 0.1) is 5.92 Å². The van der Waals surface area contributed by atoms with Crippen molar-refractivity contribution >= 4 is 29.1 Å². The number of carbonyl (C=O) groups is 2. The minimum Gasteiger partial charge on any atom is -0.502 e. The van der Waals surface area contributed by atoms with Crippen LogP contribution < -0.4 is 20.1 Å². The Balaban J connectivity index is 2.29. The molecular weight excluding hydrogens is 296 g/mol. The lowest BCUT2D eigenvalue weighted by atomic mass is 9.96. The highest BCUT2D eigenvalue weighted by molar-refractivity contribution is 7.80. The maximum absolute atomic E-state index is 11.8. The molecule has 3 N–H and O–H groups in total. The molecule has 7 nitrogen and oxygen atoms in total. The summed E-state index contributed by atoms with van der Waals surface area (Å²) in [7, 11) is 2.80. The summed E-state index contributed by atoms with van der Waals surface area (Å²) in [5, 5.41) is 14.6. The Morgan fingerprint density at radius 3 is 2.05 bits per heavy atom. The summed E-state index contributed by atoms with van der Waals surface area (Å²) < 4.78 is 10.1. The van der Waals surface area contributed by atoms with Crippen molar-refractivity contribution in [1.82, 2.24) is 10.6 Å². The van der Waals surface area contributed by atoms with Gasteiger partial charge in [-0.05, 0) is 36.3 Å². The molecule has 0 spiro atoms. The highest BCUT2D eigenvalue weighted by atomic mass is 32.1. The number of hydrogen-bond acceptors (Lipinski definition) is 6. The summed E-state index contributed by atoms with van der Waals surface area (Å²) in [5.74, 6) is -1.56. The largest absolute Gasteiger partial charge is 0.502 e. The molecule has 112 valence electrons. The molecule has 0 atom stereocenters. The van der Waals surface area contributed by atoms with E-state index in [9.17, 15) is 14.7 Å². The molecule has 21 heavy (non-hydrogen) atoms. The van der Waals surface area contributed by atoms with E-state index in [2.05, 4.69) is 10.6 Å². The van der Waals surface area contributed by atoms with Crippen molar-refractivity contribution in [2.45, 2.75) is 6.42 Å². The van der Waals surface area contributed by atoms with Gasteiger partial charge in [-0.25, -0.2) is 0 Å². The number of nitrogens with one attached hydrogen (secondary N) is 2. The predicted molar refractivity (Wildman–Crippen MR) is 77.3 cm³/mol. The van der Waals surface area contributed by atoms with Gasteiger partial charge in [-0.2, -0.15) is 0 Å². The number of amides is 2. The summed E-state index contributed by atoms with van der Waals surface area (Å²) in [6.07, 6.45) is 0.132. The average molecular weight is 310 g/mol. The van der Waals surface area contributed by atoms with Gasteiger partial charge in [0.2, 0.25) is 17.6 Å². The third-order valence-electron chi connectivity index (χ3n) is 3.09. The van der Waals surface area contributed by atoms with Gasteiger partial charge in [0.1, 0.15) is 5.92 Å². The number of benzene rings is 1. The molecular formula is C13H14N2O5S. The fourth-order valence-corrected chi connectivity index (χ4v) is 2.24. The van der Waals surface area contributed by atoms with Gasteiger partial charge in [-0.1, -0.05) is 0 Å². The first kappa shape index (κ1) is 15.0. The van der Waals surface area contributed by atoms with Crippen LogP contribution in [0.3, 0.4) is 0 Å². The van der Waals surface area contributed by atoms with Crippen LogP contribution in [0.5, 0.6) is 17.2 Å². The Hall–Kier alpha value is -2.35. The standard InChI is InChI=1S/C13H14N2O5S/c1-19-8-4-6(5-9(20-2)10(8)16)3-7-11(17)14-13(21)15-12(7)18/h4-5,7,16H,3H2,1-2H3,(H2,14,15,17,18,21). The fourth-order valence-electron chi connectivity index (χ4n) is 2.04. The molecule has 1 aromatic rings. The van der Waals surface area contributed by atoms with Crippen molar-refractivity contribution in [2.75, 3.05) is 14.2 Å². The van der Waals surface area contributed by atoms with E-state index < -0.39 is 17.7 Å². The quantitative estimate of drug-likeness (QED) is 0.539.